The zero-order chi connectivity index (χ0) is 16.9. The Morgan fingerprint density at radius 2 is 2.00 bits per heavy atom. The van der Waals surface area contributed by atoms with Crippen LogP contribution in [0.15, 0.2) is 53.7 Å². The van der Waals surface area contributed by atoms with Gasteiger partial charge in [0.15, 0.2) is 11.6 Å². The van der Waals surface area contributed by atoms with Gasteiger partial charge < -0.3 is 4.74 Å². The first-order valence-corrected chi connectivity index (χ1v) is 8.44. The number of Topliss-reactive ketones (excluding diaryl/α,β-unsaturated/α-hetero) is 1. The number of nitrogens with zero attached hydrogens (tertiary/aromatic N) is 2. The number of rotatable bonds is 6. The van der Waals surface area contributed by atoms with E-state index in [0.29, 0.717) is 16.5 Å². The van der Waals surface area contributed by atoms with E-state index >= 15 is 0 Å². The number of carbonyl (C=O) groups is 1. The monoisotopic (exact) mass is 339 g/mol. The topological polar surface area (TPSA) is 67.9 Å². The van der Waals surface area contributed by atoms with Gasteiger partial charge in [0.1, 0.15) is 5.75 Å². The van der Waals surface area contributed by atoms with Gasteiger partial charge in [0.25, 0.3) is 0 Å². The van der Waals surface area contributed by atoms with Crippen molar-refractivity contribution >= 4 is 17.5 Å². The number of hydrogen-bond donors (Lipinski definition) is 1. The van der Waals surface area contributed by atoms with E-state index in [0.717, 1.165) is 16.9 Å². The molecule has 0 saturated carbocycles. The quantitative estimate of drug-likeness (QED) is 0.547. The highest BCUT2D eigenvalue weighted by Crippen LogP contribution is 2.21. The molecule has 0 fully saturated rings. The van der Waals surface area contributed by atoms with Crippen molar-refractivity contribution in [2.24, 2.45) is 0 Å². The third-order valence-electron chi connectivity index (χ3n) is 3.50. The van der Waals surface area contributed by atoms with Crippen molar-refractivity contribution in [3.8, 4) is 17.1 Å². The van der Waals surface area contributed by atoms with Crippen LogP contribution >= 0.6 is 11.8 Å². The minimum Gasteiger partial charge on any atom is -0.497 e. The molecule has 0 bridgehead atoms. The van der Waals surface area contributed by atoms with Gasteiger partial charge in [-0.25, -0.2) is 4.98 Å². The molecule has 3 rings (SSSR count). The lowest BCUT2D eigenvalue weighted by atomic mass is 10.1. The Morgan fingerprint density at radius 3 is 2.71 bits per heavy atom. The summed E-state index contributed by atoms with van der Waals surface area (Å²) in [5.41, 5.74) is 2.79. The summed E-state index contributed by atoms with van der Waals surface area (Å²) >= 11 is 1.32. The summed E-state index contributed by atoms with van der Waals surface area (Å²) in [6.45, 7) is 2.03. The molecule has 0 aliphatic carbocycles. The highest BCUT2D eigenvalue weighted by Gasteiger charge is 2.11. The van der Waals surface area contributed by atoms with E-state index in [1.165, 1.54) is 11.8 Å². The van der Waals surface area contributed by atoms with Gasteiger partial charge in [0, 0.05) is 11.1 Å². The minimum absolute atomic E-state index is 0.0320. The second-order valence-corrected chi connectivity index (χ2v) is 6.22. The van der Waals surface area contributed by atoms with Crippen LogP contribution in [0.5, 0.6) is 5.75 Å². The third kappa shape index (κ3) is 3.83. The zero-order valence-electron chi connectivity index (χ0n) is 13.4. The first kappa shape index (κ1) is 16.3. The first-order chi connectivity index (χ1) is 11.7. The standard InChI is InChI=1S/C18H17N3O2S/c1-12-4-3-5-14(10-12)17-19-18(21-20-17)24-11-16(22)13-6-8-15(23-2)9-7-13/h3-10H,11H2,1-2H3,(H,19,20,21). The van der Waals surface area contributed by atoms with Crippen molar-refractivity contribution in [3.05, 3.63) is 59.7 Å². The maximum atomic E-state index is 12.2. The molecule has 0 unspecified atom stereocenters. The van der Waals surface area contributed by atoms with Gasteiger partial charge in [0.05, 0.1) is 12.9 Å². The molecule has 0 amide bonds. The number of aromatic amines is 1. The maximum absolute atomic E-state index is 12.2. The summed E-state index contributed by atoms with van der Waals surface area (Å²) in [7, 11) is 1.60. The normalized spacial score (nSPS) is 10.6. The van der Waals surface area contributed by atoms with Crippen LogP contribution in [-0.2, 0) is 0 Å². The van der Waals surface area contributed by atoms with Gasteiger partial charge in [-0.05, 0) is 37.3 Å². The zero-order valence-corrected chi connectivity index (χ0v) is 14.3. The fourth-order valence-corrected chi connectivity index (χ4v) is 2.92. The molecular weight excluding hydrogens is 322 g/mol. The molecular formula is C18H17N3O2S. The summed E-state index contributed by atoms with van der Waals surface area (Å²) < 4.78 is 5.09. The summed E-state index contributed by atoms with van der Waals surface area (Å²) in [6, 6.07) is 15.1. The number of ketones is 1. The molecule has 0 aliphatic rings. The van der Waals surface area contributed by atoms with E-state index in [1.807, 2.05) is 31.2 Å². The van der Waals surface area contributed by atoms with Crippen LogP contribution in [0, 0.1) is 6.92 Å². The molecule has 0 radical (unpaired) electrons. The second-order valence-electron chi connectivity index (χ2n) is 5.28. The molecule has 6 heteroatoms. The Kier molecular flexibility index (Phi) is 4.96. The summed E-state index contributed by atoms with van der Waals surface area (Å²) in [5, 5.41) is 7.65. The van der Waals surface area contributed by atoms with Crippen molar-refractivity contribution in [2.45, 2.75) is 12.1 Å². The van der Waals surface area contributed by atoms with Crippen LogP contribution in [0.4, 0.5) is 0 Å². The summed E-state index contributed by atoms with van der Waals surface area (Å²) in [5.74, 6) is 1.76. The maximum Gasteiger partial charge on any atom is 0.209 e. The highest BCUT2D eigenvalue weighted by atomic mass is 32.2. The Morgan fingerprint density at radius 1 is 1.21 bits per heavy atom. The number of ether oxygens (including phenoxy) is 1. The Bertz CT molecular complexity index is 843. The molecule has 5 nitrogen and oxygen atoms in total. The Hall–Kier alpha value is -2.60. The van der Waals surface area contributed by atoms with Gasteiger partial charge in [0.2, 0.25) is 5.16 Å². The van der Waals surface area contributed by atoms with Crippen LogP contribution < -0.4 is 4.74 Å². The average Bonchev–Trinajstić information content (AvgIpc) is 3.09. The molecule has 24 heavy (non-hydrogen) atoms. The number of thioether (sulfide) groups is 1. The minimum atomic E-state index is 0.0320. The smallest absolute Gasteiger partial charge is 0.209 e. The van der Waals surface area contributed by atoms with Gasteiger partial charge >= 0.3 is 0 Å². The van der Waals surface area contributed by atoms with Crippen molar-refractivity contribution in [1.29, 1.82) is 0 Å². The Labute approximate surface area is 144 Å². The molecule has 1 heterocycles. The molecule has 2 aromatic carbocycles. The van der Waals surface area contributed by atoms with E-state index in [4.69, 9.17) is 4.74 Å². The number of aryl methyl sites for hydroxylation is 1. The fourth-order valence-electron chi connectivity index (χ4n) is 2.22. The van der Waals surface area contributed by atoms with Crippen LogP contribution in [0.25, 0.3) is 11.4 Å². The number of H-pyrrole nitrogens is 1. The highest BCUT2D eigenvalue weighted by molar-refractivity contribution is 7.99. The second kappa shape index (κ2) is 7.31. The molecule has 3 aromatic rings. The van der Waals surface area contributed by atoms with Gasteiger partial charge in [-0.1, -0.05) is 35.5 Å². The van der Waals surface area contributed by atoms with Gasteiger partial charge in [-0.3, -0.25) is 9.89 Å². The predicted octanol–water partition coefficient (Wildman–Crippen LogP) is 3.76. The van der Waals surface area contributed by atoms with E-state index < -0.39 is 0 Å². The van der Waals surface area contributed by atoms with Crippen LogP contribution in [0.3, 0.4) is 0 Å². The molecule has 0 saturated heterocycles. The summed E-state index contributed by atoms with van der Waals surface area (Å²) in [6.07, 6.45) is 0. The van der Waals surface area contributed by atoms with Crippen LogP contribution in [0.2, 0.25) is 0 Å². The number of carbonyl (C=O) groups excluding carboxylic acids is 1. The van der Waals surface area contributed by atoms with Crippen molar-refractivity contribution < 1.29 is 9.53 Å². The lowest BCUT2D eigenvalue weighted by Gasteiger charge is -2.01. The number of benzene rings is 2. The lowest BCUT2D eigenvalue weighted by molar-refractivity contribution is 0.102. The van der Waals surface area contributed by atoms with Crippen molar-refractivity contribution in [1.82, 2.24) is 15.2 Å². The van der Waals surface area contributed by atoms with Crippen LogP contribution in [-0.4, -0.2) is 33.8 Å². The number of nitrogens with one attached hydrogen (secondary N) is 1. The molecule has 0 spiro atoms. The van der Waals surface area contributed by atoms with E-state index in [9.17, 15) is 4.79 Å². The van der Waals surface area contributed by atoms with E-state index in [2.05, 4.69) is 15.2 Å². The lowest BCUT2D eigenvalue weighted by Crippen LogP contribution is -2.02. The number of methoxy groups -OCH3 is 1. The predicted molar refractivity (Wildman–Crippen MR) is 94.6 cm³/mol. The summed E-state index contributed by atoms with van der Waals surface area (Å²) in [4.78, 5) is 16.7. The largest absolute Gasteiger partial charge is 0.497 e. The fraction of sp³-hybridized carbons (Fsp3) is 0.167. The van der Waals surface area contributed by atoms with E-state index in [1.54, 1.807) is 31.4 Å². The van der Waals surface area contributed by atoms with Crippen molar-refractivity contribution in [3.63, 3.8) is 0 Å². The first-order valence-electron chi connectivity index (χ1n) is 7.45. The Balaban J connectivity index is 1.63. The van der Waals surface area contributed by atoms with Gasteiger partial charge in [-0.15, -0.1) is 5.10 Å². The SMILES string of the molecule is COc1ccc(C(=O)CSc2n[nH]c(-c3cccc(C)c3)n2)cc1. The van der Waals surface area contributed by atoms with E-state index in [-0.39, 0.29) is 11.5 Å². The molecule has 0 atom stereocenters. The molecule has 0 aliphatic heterocycles. The van der Waals surface area contributed by atoms with Crippen molar-refractivity contribution in [2.75, 3.05) is 12.9 Å². The molecule has 122 valence electrons. The molecule has 1 N–H and O–H groups in total. The van der Waals surface area contributed by atoms with Gasteiger partial charge in [-0.2, -0.15) is 0 Å². The third-order valence-corrected chi connectivity index (χ3v) is 4.35. The average molecular weight is 339 g/mol. The van der Waals surface area contributed by atoms with Crippen LogP contribution in [0.1, 0.15) is 15.9 Å². The number of aromatic nitrogens is 3. The molecule has 1 aromatic heterocycles. The number of hydrogen-bond acceptors (Lipinski definition) is 5.